The molecule has 2 aliphatic heterocycles. The van der Waals surface area contributed by atoms with Gasteiger partial charge in [0.15, 0.2) is 0 Å². The first kappa shape index (κ1) is 22.2. The zero-order chi connectivity index (χ0) is 23.3. The molecule has 3 heterocycles. The number of nitrogens with zero attached hydrogens (tertiary/aromatic N) is 2. The van der Waals surface area contributed by atoms with Crippen molar-refractivity contribution in [3.8, 4) is 6.07 Å². The average molecular weight is 459 g/mol. The summed E-state index contributed by atoms with van der Waals surface area (Å²) in [6.07, 6.45) is 1.30. The molecule has 4 rings (SSSR count). The van der Waals surface area contributed by atoms with Crippen molar-refractivity contribution < 1.29 is 18.3 Å². The lowest BCUT2D eigenvalue weighted by molar-refractivity contribution is 0.102. The van der Waals surface area contributed by atoms with Gasteiger partial charge in [0, 0.05) is 30.5 Å². The molecule has 0 aliphatic carbocycles. The topological polar surface area (TPSA) is 154 Å². The van der Waals surface area contributed by atoms with Crippen molar-refractivity contribution in [3.63, 3.8) is 0 Å². The maximum atomic E-state index is 14.8. The summed E-state index contributed by atoms with van der Waals surface area (Å²) in [7, 11) is -3.24. The van der Waals surface area contributed by atoms with Crippen molar-refractivity contribution in [2.24, 2.45) is 0 Å². The number of aryl methyl sites for hydroxylation is 1. The lowest BCUT2D eigenvalue weighted by Crippen LogP contribution is -2.75. The number of carbonyl (C=O) groups excluding carboxylic acids is 1. The Bertz CT molecular complexity index is 1180. The third kappa shape index (κ3) is 3.41. The van der Waals surface area contributed by atoms with E-state index in [2.05, 4.69) is 20.9 Å². The minimum Gasteiger partial charge on any atom is -0.361 e. The molecule has 11 heteroatoms. The molecule has 1 spiro atoms. The number of benzene rings is 1. The number of rotatable bonds is 3. The summed E-state index contributed by atoms with van der Waals surface area (Å²) < 4.78 is 35.4. The predicted octanol–water partition coefficient (Wildman–Crippen LogP) is 2.54. The second kappa shape index (κ2) is 7.53. The number of hydrogen-bond donors (Lipinski definition) is 6. The van der Waals surface area contributed by atoms with Crippen LogP contribution in [0.4, 0.5) is 10.1 Å². The molecule has 168 valence electrons. The molecule has 1 atom stereocenters. The van der Waals surface area contributed by atoms with Crippen LogP contribution in [0.25, 0.3) is 0 Å². The second-order valence-corrected chi connectivity index (χ2v) is 10.8. The van der Waals surface area contributed by atoms with Gasteiger partial charge in [0.25, 0.3) is 5.91 Å². The van der Waals surface area contributed by atoms with Crippen LogP contribution in [0.15, 0.2) is 30.5 Å². The molecule has 2 saturated heterocycles. The fourth-order valence-electron chi connectivity index (χ4n) is 4.12. The molecule has 9 nitrogen and oxygen atoms in total. The number of aromatic nitrogens is 1. The van der Waals surface area contributed by atoms with Gasteiger partial charge in [0.05, 0.1) is 16.9 Å². The molecule has 32 heavy (non-hydrogen) atoms. The number of pyridine rings is 1. The Hall–Kier alpha value is -3.04. The van der Waals surface area contributed by atoms with E-state index in [1.807, 2.05) is 6.07 Å². The van der Waals surface area contributed by atoms with Crippen molar-refractivity contribution >= 4 is 28.0 Å². The Morgan fingerprint density at radius 2 is 2.09 bits per heavy atom. The number of hydrogen-bond acceptors (Lipinski definition) is 7. The molecule has 1 amide bonds. The van der Waals surface area contributed by atoms with Crippen molar-refractivity contribution in [1.29, 1.82) is 10.7 Å². The Balaban J connectivity index is 1.63. The van der Waals surface area contributed by atoms with E-state index in [-0.39, 0.29) is 41.6 Å². The van der Waals surface area contributed by atoms with E-state index in [1.165, 1.54) is 24.4 Å². The van der Waals surface area contributed by atoms with Crippen LogP contribution in [0.5, 0.6) is 0 Å². The molecule has 1 aromatic carbocycles. The van der Waals surface area contributed by atoms with Crippen molar-refractivity contribution in [2.75, 3.05) is 24.2 Å². The van der Waals surface area contributed by atoms with Crippen molar-refractivity contribution in [2.45, 2.75) is 24.1 Å². The molecule has 1 aromatic heterocycles. The number of amides is 1. The molecule has 6 N–H and O–H groups in total. The van der Waals surface area contributed by atoms with Gasteiger partial charge in [-0.15, -0.1) is 0 Å². The molecular formula is C21H23FN6O3S. The van der Waals surface area contributed by atoms with E-state index in [9.17, 15) is 18.3 Å². The maximum Gasteiger partial charge on any atom is 0.274 e. The van der Waals surface area contributed by atoms with Crippen molar-refractivity contribution in [1.82, 2.24) is 15.6 Å². The monoisotopic (exact) mass is 458 g/mol. The number of amidine groups is 1. The van der Waals surface area contributed by atoms with Crippen LogP contribution >= 0.6 is 10.6 Å². The molecule has 0 radical (unpaired) electrons. The highest BCUT2D eigenvalue weighted by atomic mass is 32.3. The van der Waals surface area contributed by atoms with Gasteiger partial charge >= 0.3 is 0 Å². The molecule has 0 unspecified atom stereocenters. The standard InChI is InChI=1S/C21H23FN6O3S/c1-12-5-13(7-23)8-26-17(12)18(29)27-14-3-4-16(22)15(6-14)20(2)11-32(30,31)21(9-25-10-21)19(24)28-20/h3-6,8,25,30-31H,9-11H2,1-2H3,(H2,24,28)(H,27,29)/t20-/m0/s1. The summed E-state index contributed by atoms with van der Waals surface area (Å²) in [6, 6.07) is 7.50. The van der Waals surface area contributed by atoms with Crippen LogP contribution in [0.3, 0.4) is 0 Å². The van der Waals surface area contributed by atoms with Crippen LogP contribution in [-0.2, 0) is 5.54 Å². The number of carbonyl (C=O) groups is 1. The van der Waals surface area contributed by atoms with Gasteiger partial charge in [-0.05, 0) is 43.7 Å². The second-order valence-electron chi connectivity index (χ2n) is 8.39. The van der Waals surface area contributed by atoms with Crippen molar-refractivity contribution in [3.05, 3.63) is 58.7 Å². The van der Waals surface area contributed by atoms with E-state index < -0.39 is 32.6 Å². The van der Waals surface area contributed by atoms with E-state index in [0.717, 1.165) is 0 Å². The number of nitrogens with one attached hydrogen (secondary N) is 4. The first-order valence-electron chi connectivity index (χ1n) is 9.83. The van der Waals surface area contributed by atoms with Crippen LogP contribution in [0, 0.1) is 29.5 Å². The van der Waals surface area contributed by atoms with Gasteiger partial charge in [-0.1, -0.05) is 0 Å². The third-order valence-corrected chi connectivity index (χ3v) is 8.76. The fraction of sp³-hybridized carbons (Fsp3) is 0.333. The minimum atomic E-state index is -3.24. The largest absolute Gasteiger partial charge is 0.361 e. The number of anilines is 1. The predicted molar refractivity (Wildman–Crippen MR) is 120 cm³/mol. The summed E-state index contributed by atoms with van der Waals surface area (Å²) in [5, 5.41) is 26.0. The Labute approximate surface area is 185 Å². The summed E-state index contributed by atoms with van der Waals surface area (Å²) in [4.78, 5) is 16.7. The highest BCUT2D eigenvalue weighted by Crippen LogP contribution is 2.60. The van der Waals surface area contributed by atoms with Gasteiger partial charge in [-0.25, -0.2) is 9.37 Å². The summed E-state index contributed by atoms with van der Waals surface area (Å²) in [5.74, 6) is -1.34. The Morgan fingerprint density at radius 1 is 1.38 bits per heavy atom. The smallest absolute Gasteiger partial charge is 0.274 e. The van der Waals surface area contributed by atoms with Crippen LogP contribution in [-0.4, -0.2) is 49.4 Å². The van der Waals surface area contributed by atoms with E-state index in [4.69, 9.17) is 10.7 Å². The van der Waals surface area contributed by atoms with Crippen LogP contribution < -0.4 is 16.0 Å². The highest BCUT2D eigenvalue weighted by molar-refractivity contribution is 8.26. The maximum absolute atomic E-state index is 14.8. The first-order valence-corrected chi connectivity index (χ1v) is 11.5. The van der Waals surface area contributed by atoms with E-state index in [0.29, 0.717) is 11.1 Å². The molecule has 2 aliphatic rings. The summed E-state index contributed by atoms with van der Waals surface area (Å²) in [5.41, 5.74) is 0.115. The van der Waals surface area contributed by atoms with Gasteiger partial charge < -0.3 is 16.0 Å². The third-order valence-electron chi connectivity index (χ3n) is 6.03. The summed E-state index contributed by atoms with van der Waals surface area (Å²) >= 11 is 0. The van der Waals surface area contributed by atoms with E-state index >= 15 is 0 Å². The van der Waals surface area contributed by atoms with Gasteiger partial charge in [0.1, 0.15) is 28.2 Å². The normalized spacial score (nSPS) is 24.1. The lowest BCUT2D eigenvalue weighted by Gasteiger charge is -2.62. The minimum absolute atomic E-state index is 0.0451. The number of halogens is 1. The molecule has 2 fully saturated rings. The highest BCUT2D eigenvalue weighted by Gasteiger charge is 2.59. The number of nitriles is 1. The SMILES string of the molecule is Cc1cc(C#N)cnc1C(=O)Nc1ccc(F)c([C@]2(C)CS(O)(O)C3(CNC3)C(=N)N2)c1. The zero-order valence-corrected chi connectivity index (χ0v) is 18.3. The fourth-order valence-corrected chi connectivity index (χ4v) is 6.48. The van der Waals surface area contributed by atoms with Gasteiger partial charge in [-0.3, -0.25) is 19.3 Å². The van der Waals surface area contributed by atoms with Crippen LogP contribution in [0.2, 0.25) is 0 Å². The first-order chi connectivity index (χ1) is 15.0. The molecule has 0 saturated carbocycles. The van der Waals surface area contributed by atoms with Crippen LogP contribution in [0.1, 0.15) is 34.1 Å². The Morgan fingerprint density at radius 3 is 2.66 bits per heavy atom. The summed E-state index contributed by atoms with van der Waals surface area (Å²) in [6.45, 7) is 3.80. The quantitative estimate of drug-likeness (QED) is 0.413. The Kier molecular flexibility index (Phi) is 5.21. The molecule has 0 bridgehead atoms. The van der Waals surface area contributed by atoms with Gasteiger partial charge in [0.2, 0.25) is 0 Å². The van der Waals surface area contributed by atoms with E-state index in [1.54, 1.807) is 19.9 Å². The van der Waals surface area contributed by atoms with Gasteiger partial charge in [-0.2, -0.15) is 15.9 Å². The molecular weight excluding hydrogens is 435 g/mol. The lowest BCUT2D eigenvalue weighted by atomic mass is 9.89. The average Bonchev–Trinajstić information content (AvgIpc) is 2.66. The zero-order valence-electron chi connectivity index (χ0n) is 17.5. The molecule has 2 aromatic rings.